The number of nitrogens with one attached hydrogen (secondary N) is 1. The quantitative estimate of drug-likeness (QED) is 0.637. The monoisotopic (exact) mass is 243 g/mol. The van der Waals surface area contributed by atoms with Crippen LogP contribution in [0.5, 0.6) is 0 Å². The zero-order valence-electron chi connectivity index (χ0n) is 8.82. The van der Waals surface area contributed by atoms with Crippen LogP contribution in [0.25, 0.3) is 0 Å². The van der Waals surface area contributed by atoms with E-state index in [1.165, 1.54) is 6.07 Å². The average Bonchev–Trinajstić information content (AvgIpc) is 2.34. The largest absolute Gasteiger partial charge is 0.275 e. The summed E-state index contributed by atoms with van der Waals surface area (Å²) in [5.41, 5.74) is 3.60. The molecule has 0 aliphatic carbocycles. The lowest BCUT2D eigenvalue weighted by Crippen LogP contribution is -1.98. The highest BCUT2D eigenvalue weighted by molar-refractivity contribution is 6.31. The number of aryl methyl sites for hydroxylation is 1. The van der Waals surface area contributed by atoms with Crippen LogP contribution in [-0.4, -0.2) is 5.71 Å². The van der Waals surface area contributed by atoms with Gasteiger partial charge >= 0.3 is 0 Å². The van der Waals surface area contributed by atoms with E-state index in [4.69, 9.17) is 27.4 Å². The molecule has 0 aliphatic heterocycles. The molecule has 0 amide bonds. The van der Waals surface area contributed by atoms with Gasteiger partial charge in [0.2, 0.25) is 5.71 Å². The maximum atomic E-state index is 8.90. The van der Waals surface area contributed by atoms with E-state index in [0.717, 1.165) is 5.56 Å². The highest BCUT2D eigenvalue weighted by Gasteiger charge is 2.05. The summed E-state index contributed by atoms with van der Waals surface area (Å²) in [5.74, 6) is 0. The van der Waals surface area contributed by atoms with E-state index in [0.29, 0.717) is 16.3 Å². The van der Waals surface area contributed by atoms with Crippen LogP contribution < -0.4 is 5.43 Å². The predicted molar refractivity (Wildman–Crippen MR) is 63.2 cm³/mol. The summed E-state index contributed by atoms with van der Waals surface area (Å²) in [5, 5.41) is 29.9. The van der Waals surface area contributed by atoms with E-state index in [2.05, 4.69) is 10.5 Å². The number of hydrogen-bond donors (Lipinski definition) is 1. The number of halogens is 1. The van der Waals surface area contributed by atoms with Crippen LogP contribution in [0.4, 0.5) is 5.69 Å². The lowest BCUT2D eigenvalue weighted by Gasteiger charge is -2.05. The summed E-state index contributed by atoms with van der Waals surface area (Å²) < 4.78 is 0. The average molecular weight is 244 g/mol. The first-order valence-electron chi connectivity index (χ1n) is 4.46. The summed E-state index contributed by atoms with van der Waals surface area (Å²) in [6.45, 7) is 1.77. The van der Waals surface area contributed by atoms with Gasteiger partial charge in [0.15, 0.2) is 0 Å². The highest BCUT2D eigenvalue weighted by Crippen LogP contribution is 2.24. The first kappa shape index (κ1) is 12.5. The van der Waals surface area contributed by atoms with Crippen LogP contribution >= 0.6 is 11.6 Å². The van der Waals surface area contributed by atoms with Crippen LogP contribution in [0, 0.1) is 40.9 Å². The molecule has 0 radical (unpaired) electrons. The van der Waals surface area contributed by atoms with Crippen molar-refractivity contribution < 1.29 is 0 Å². The van der Waals surface area contributed by atoms with Gasteiger partial charge in [-0.05, 0) is 24.6 Å². The molecule has 1 aromatic carbocycles. The van der Waals surface area contributed by atoms with Crippen LogP contribution in [-0.2, 0) is 0 Å². The number of anilines is 1. The van der Waals surface area contributed by atoms with Crippen LogP contribution in [0.15, 0.2) is 17.2 Å². The van der Waals surface area contributed by atoms with Crippen molar-refractivity contribution in [3.8, 4) is 18.2 Å². The Morgan fingerprint density at radius 3 is 2.47 bits per heavy atom. The molecule has 0 unspecified atom stereocenters. The first-order valence-corrected chi connectivity index (χ1v) is 4.84. The Labute approximate surface area is 103 Å². The third kappa shape index (κ3) is 2.95. The van der Waals surface area contributed by atoms with E-state index in [1.807, 2.05) is 6.07 Å². The molecule has 0 bridgehead atoms. The zero-order valence-corrected chi connectivity index (χ0v) is 9.58. The molecular weight excluding hydrogens is 238 g/mol. The Morgan fingerprint density at radius 2 is 1.94 bits per heavy atom. The smallest absolute Gasteiger partial charge is 0.237 e. The predicted octanol–water partition coefficient (Wildman–Crippen LogP) is 2.34. The summed E-state index contributed by atoms with van der Waals surface area (Å²) in [6, 6.07) is 8.27. The number of hydrazone groups is 1. The van der Waals surface area contributed by atoms with Crippen LogP contribution in [0.1, 0.15) is 11.1 Å². The van der Waals surface area contributed by atoms with Crippen molar-refractivity contribution in [1.82, 2.24) is 0 Å². The SMILES string of the molecule is Cc1cc(C#N)c(NN=C(C#N)C#N)cc1Cl. The molecule has 6 heteroatoms. The van der Waals surface area contributed by atoms with Gasteiger partial charge < -0.3 is 0 Å². The second-order valence-electron chi connectivity index (χ2n) is 3.05. The Balaban J connectivity index is 3.14. The first-order chi connectivity index (χ1) is 8.12. The Kier molecular flexibility index (Phi) is 4.06. The topological polar surface area (TPSA) is 95.8 Å². The maximum absolute atomic E-state index is 8.90. The van der Waals surface area contributed by atoms with Gasteiger partial charge in [-0.25, -0.2) is 0 Å². The third-order valence-corrected chi connectivity index (χ3v) is 2.33. The van der Waals surface area contributed by atoms with E-state index < -0.39 is 0 Å². The van der Waals surface area contributed by atoms with E-state index >= 15 is 0 Å². The Morgan fingerprint density at radius 1 is 1.29 bits per heavy atom. The molecule has 1 aromatic rings. The van der Waals surface area contributed by atoms with Gasteiger partial charge in [0, 0.05) is 5.02 Å². The third-order valence-electron chi connectivity index (χ3n) is 1.92. The van der Waals surface area contributed by atoms with Crippen LogP contribution in [0.2, 0.25) is 5.02 Å². The molecule has 0 saturated carbocycles. The minimum atomic E-state index is -0.328. The zero-order chi connectivity index (χ0) is 12.8. The Bertz CT molecular complexity index is 582. The van der Waals surface area contributed by atoms with Crippen molar-refractivity contribution in [3.63, 3.8) is 0 Å². The molecule has 82 valence electrons. The standard InChI is InChI=1S/C11H6ClN5/c1-7-2-8(4-13)11(3-10(7)12)17-16-9(5-14)6-15/h2-3,17H,1H3. The molecule has 0 fully saturated rings. The molecule has 0 aromatic heterocycles. The molecule has 1 rings (SSSR count). The van der Waals surface area contributed by atoms with Gasteiger partial charge in [-0.3, -0.25) is 5.43 Å². The van der Waals surface area contributed by atoms with Gasteiger partial charge in [-0.2, -0.15) is 20.9 Å². The molecule has 0 spiro atoms. The number of nitriles is 3. The van der Waals surface area contributed by atoms with Crippen molar-refractivity contribution in [2.75, 3.05) is 5.43 Å². The number of rotatable bonds is 2. The molecule has 0 saturated heterocycles. The highest BCUT2D eigenvalue weighted by atomic mass is 35.5. The van der Waals surface area contributed by atoms with Gasteiger partial charge in [-0.15, -0.1) is 0 Å². The van der Waals surface area contributed by atoms with Crippen LogP contribution in [0.3, 0.4) is 0 Å². The van der Waals surface area contributed by atoms with Crippen molar-refractivity contribution in [1.29, 1.82) is 15.8 Å². The lowest BCUT2D eigenvalue weighted by molar-refractivity contribution is 1.31. The minimum absolute atomic E-state index is 0.328. The fourth-order valence-corrected chi connectivity index (χ4v) is 1.22. The van der Waals surface area contributed by atoms with Crippen molar-refractivity contribution >= 4 is 23.0 Å². The number of benzene rings is 1. The van der Waals surface area contributed by atoms with Crippen molar-refractivity contribution in [2.24, 2.45) is 5.10 Å². The fourth-order valence-electron chi connectivity index (χ4n) is 1.06. The normalized spacial score (nSPS) is 8.41. The van der Waals surface area contributed by atoms with Gasteiger partial charge in [0.25, 0.3) is 0 Å². The molecule has 17 heavy (non-hydrogen) atoms. The van der Waals surface area contributed by atoms with E-state index in [1.54, 1.807) is 25.1 Å². The molecule has 0 aliphatic rings. The fraction of sp³-hybridized carbons (Fsp3) is 0.0909. The second kappa shape index (κ2) is 5.51. The second-order valence-corrected chi connectivity index (χ2v) is 3.46. The minimum Gasteiger partial charge on any atom is -0.275 e. The summed E-state index contributed by atoms with van der Waals surface area (Å²) in [7, 11) is 0. The number of nitrogens with zero attached hydrogens (tertiary/aromatic N) is 4. The van der Waals surface area contributed by atoms with Gasteiger partial charge in [0.05, 0.1) is 11.3 Å². The molecule has 5 nitrogen and oxygen atoms in total. The Hall–Kier alpha value is -2.55. The summed E-state index contributed by atoms with van der Waals surface area (Å²) >= 11 is 5.90. The van der Waals surface area contributed by atoms with Crippen molar-refractivity contribution in [3.05, 3.63) is 28.3 Å². The summed E-state index contributed by atoms with van der Waals surface area (Å²) in [6.07, 6.45) is 0. The van der Waals surface area contributed by atoms with Crippen molar-refractivity contribution in [2.45, 2.75) is 6.92 Å². The lowest BCUT2D eigenvalue weighted by atomic mass is 10.1. The maximum Gasteiger partial charge on any atom is 0.237 e. The summed E-state index contributed by atoms with van der Waals surface area (Å²) in [4.78, 5) is 0. The number of hydrogen-bond acceptors (Lipinski definition) is 5. The van der Waals surface area contributed by atoms with Gasteiger partial charge in [-0.1, -0.05) is 11.6 Å². The van der Waals surface area contributed by atoms with Gasteiger partial charge in [0.1, 0.15) is 18.2 Å². The molecule has 1 N–H and O–H groups in total. The molecule has 0 heterocycles. The van der Waals surface area contributed by atoms with E-state index in [-0.39, 0.29) is 5.71 Å². The van der Waals surface area contributed by atoms with E-state index in [9.17, 15) is 0 Å². The molecular formula is C11H6ClN5. The molecule has 0 atom stereocenters.